The number of allylic oxidation sites excluding steroid dienone is 1. The molecule has 0 saturated carbocycles. The first-order valence-corrected chi connectivity index (χ1v) is 6.92. The van der Waals surface area contributed by atoms with E-state index in [2.05, 4.69) is 13.5 Å². The Morgan fingerprint density at radius 2 is 2.14 bits per heavy atom. The molecule has 0 atom stereocenters. The Kier molecular flexibility index (Phi) is 6.95. The Bertz CT molecular complexity index is 544. The minimum absolute atomic E-state index is 0.383. The molecule has 1 N–H and O–H groups in total. The lowest BCUT2D eigenvalue weighted by Gasteiger charge is -2.12. The molecular weight excluding hydrogens is 268 g/mol. The van der Waals surface area contributed by atoms with Crippen molar-refractivity contribution in [2.75, 3.05) is 0 Å². The normalized spacial score (nSPS) is 10.5. The summed E-state index contributed by atoms with van der Waals surface area (Å²) >= 11 is 0. The van der Waals surface area contributed by atoms with Crippen LogP contribution in [0.15, 0.2) is 43.2 Å². The minimum Gasteiger partial charge on any atom is -0.478 e. The van der Waals surface area contributed by atoms with E-state index in [0.717, 1.165) is 42.7 Å². The molecular formula is C17H20O4. The second kappa shape index (κ2) is 8.74. The molecule has 112 valence electrons. The Hall–Kier alpha value is -2.36. The zero-order valence-electron chi connectivity index (χ0n) is 12.2. The van der Waals surface area contributed by atoms with E-state index in [-0.39, 0.29) is 0 Å². The van der Waals surface area contributed by atoms with Gasteiger partial charge in [-0.25, -0.2) is 9.59 Å². The highest BCUT2D eigenvalue weighted by Crippen LogP contribution is 2.20. The standard InChI is InChI=1S/C17H20O4/c1-3-5-8-13-9-6-11-15(17(20)21-4-2)14(13)10-7-12-16(18)19/h4,6-7,9,11-12H,2-3,5,8,10H2,1H3,(H,18,19)/b12-7+. The van der Waals surface area contributed by atoms with Crippen LogP contribution in [0.25, 0.3) is 0 Å². The summed E-state index contributed by atoms with van der Waals surface area (Å²) < 4.78 is 4.84. The summed E-state index contributed by atoms with van der Waals surface area (Å²) in [6.45, 7) is 5.48. The molecule has 0 aliphatic rings. The third-order valence-electron chi connectivity index (χ3n) is 3.07. The molecule has 1 aromatic rings. The topological polar surface area (TPSA) is 63.6 Å². The molecule has 0 radical (unpaired) electrons. The number of aliphatic carboxylic acids is 1. The maximum atomic E-state index is 12.0. The number of carbonyl (C=O) groups is 2. The Morgan fingerprint density at radius 1 is 1.38 bits per heavy atom. The van der Waals surface area contributed by atoms with Gasteiger partial charge in [-0.1, -0.05) is 38.1 Å². The van der Waals surface area contributed by atoms with E-state index in [0.29, 0.717) is 12.0 Å². The number of carbonyl (C=O) groups excluding carboxylic acids is 1. The largest absolute Gasteiger partial charge is 0.478 e. The molecule has 0 heterocycles. The van der Waals surface area contributed by atoms with Gasteiger partial charge in [0.25, 0.3) is 0 Å². The van der Waals surface area contributed by atoms with Crippen molar-refractivity contribution in [2.45, 2.75) is 32.6 Å². The Morgan fingerprint density at radius 3 is 2.76 bits per heavy atom. The highest BCUT2D eigenvalue weighted by Gasteiger charge is 2.14. The molecule has 0 saturated heterocycles. The fourth-order valence-corrected chi connectivity index (χ4v) is 2.09. The number of esters is 1. The molecule has 4 nitrogen and oxygen atoms in total. The quantitative estimate of drug-likeness (QED) is 0.451. The number of carboxylic acids is 1. The van der Waals surface area contributed by atoms with Crippen molar-refractivity contribution in [3.63, 3.8) is 0 Å². The van der Waals surface area contributed by atoms with Crippen LogP contribution in [0.5, 0.6) is 0 Å². The van der Waals surface area contributed by atoms with Crippen LogP contribution in [-0.2, 0) is 22.4 Å². The number of hydrogen-bond acceptors (Lipinski definition) is 3. The van der Waals surface area contributed by atoms with E-state index in [1.807, 2.05) is 12.1 Å². The molecule has 0 bridgehead atoms. The van der Waals surface area contributed by atoms with Gasteiger partial charge in [0.1, 0.15) is 0 Å². The van der Waals surface area contributed by atoms with Gasteiger partial charge in [0.2, 0.25) is 0 Å². The molecule has 0 aliphatic heterocycles. The lowest BCUT2D eigenvalue weighted by molar-refractivity contribution is -0.131. The summed E-state index contributed by atoms with van der Waals surface area (Å²) in [5.41, 5.74) is 2.32. The van der Waals surface area contributed by atoms with E-state index in [1.54, 1.807) is 6.07 Å². The van der Waals surface area contributed by atoms with Crippen molar-refractivity contribution in [1.29, 1.82) is 0 Å². The maximum absolute atomic E-state index is 12.0. The summed E-state index contributed by atoms with van der Waals surface area (Å²) in [5.74, 6) is -1.47. The van der Waals surface area contributed by atoms with E-state index in [9.17, 15) is 9.59 Å². The van der Waals surface area contributed by atoms with Gasteiger partial charge in [0.05, 0.1) is 11.8 Å². The highest BCUT2D eigenvalue weighted by molar-refractivity contribution is 5.92. The lowest BCUT2D eigenvalue weighted by atomic mass is 9.94. The molecule has 0 aliphatic carbocycles. The second-order valence-corrected chi connectivity index (χ2v) is 4.56. The van der Waals surface area contributed by atoms with Crippen molar-refractivity contribution < 1.29 is 19.4 Å². The minimum atomic E-state index is -1.00. The molecule has 0 fully saturated rings. The first kappa shape index (κ1) is 16.7. The fraction of sp³-hybridized carbons (Fsp3) is 0.294. The van der Waals surface area contributed by atoms with Gasteiger partial charge < -0.3 is 9.84 Å². The SMILES string of the molecule is C=COC(=O)c1cccc(CCCC)c1C/C=C/C(=O)O. The van der Waals surface area contributed by atoms with Gasteiger partial charge >= 0.3 is 11.9 Å². The number of carboxylic acid groups (broad SMARTS) is 1. The predicted molar refractivity (Wildman–Crippen MR) is 81.1 cm³/mol. The van der Waals surface area contributed by atoms with Crippen molar-refractivity contribution in [1.82, 2.24) is 0 Å². The zero-order chi connectivity index (χ0) is 15.7. The molecule has 21 heavy (non-hydrogen) atoms. The average molecular weight is 288 g/mol. The zero-order valence-corrected chi connectivity index (χ0v) is 12.2. The van der Waals surface area contributed by atoms with E-state index in [4.69, 9.17) is 9.84 Å². The number of hydrogen-bond donors (Lipinski definition) is 1. The first-order valence-electron chi connectivity index (χ1n) is 6.92. The van der Waals surface area contributed by atoms with Gasteiger partial charge in [-0.3, -0.25) is 0 Å². The van der Waals surface area contributed by atoms with Gasteiger partial charge in [0, 0.05) is 6.08 Å². The molecule has 0 aromatic heterocycles. The van der Waals surface area contributed by atoms with Crippen molar-refractivity contribution >= 4 is 11.9 Å². The van der Waals surface area contributed by atoms with Gasteiger partial charge in [-0.15, -0.1) is 0 Å². The molecule has 0 unspecified atom stereocenters. The summed E-state index contributed by atoms with van der Waals surface area (Å²) in [5, 5.41) is 8.67. The van der Waals surface area contributed by atoms with Crippen LogP contribution in [0, 0.1) is 0 Å². The van der Waals surface area contributed by atoms with E-state index >= 15 is 0 Å². The maximum Gasteiger partial charge on any atom is 0.343 e. The van der Waals surface area contributed by atoms with Gasteiger partial charge in [0.15, 0.2) is 0 Å². The van der Waals surface area contributed by atoms with E-state index in [1.165, 1.54) is 6.08 Å². The third kappa shape index (κ3) is 5.26. The van der Waals surface area contributed by atoms with Gasteiger partial charge in [-0.05, 0) is 36.5 Å². The van der Waals surface area contributed by atoms with Crippen LogP contribution >= 0.6 is 0 Å². The molecule has 4 heteroatoms. The van der Waals surface area contributed by atoms with E-state index < -0.39 is 11.9 Å². The van der Waals surface area contributed by atoms with Crippen LogP contribution in [0.1, 0.15) is 41.3 Å². The summed E-state index contributed by atoms with van der Waals surface area (Å²) in [4.78, 5) is 22.5. The number of aryl methyl sites for hydroxylation is 1. The number of rotatable bonds is 8. The molecule has 0 spiro atoms. The summed E-state index contributed by atoms with van der Waals surface area (Å²) in [6, 6.07) is 5.46. The van der Waals surface area contributed by atoms with Crippen molar-refractivity contribution in [3.8, 4) is 0 Å². The number of unbranched alkanes of at least 4 members (excludes halogenated alkanes) is 1. The Balaban J connectivity index is 3.12. The summed E-state index contributed by atoms with van der Waals surface area (Å²) in [6.07, 6.45) is 7.01. The smallest absolute Gasteiger partial charge is 0.343 e. The lowest BCUT2D eigenvalue weighted by Crippen LogP contribution is -2.08. The Labute approximate surface area is 124 Å². The van der Waals surface area contributed by atoms with Crippen LogP contribution < -0.4 is 0 Å². The van der Waals surface area contributed by atoms with Crippen LogP contribution in [-0.4, -0.2) is 17.0 Å². The van der Waals surface area contributed by atoms with Crippen molar-refractivity contribution in [3.05, 3.63) is 59.9 Å². The first-order chi connectivity index (χ1) is 10.1. The average Bonchev–Trinajstić information content (AvgIpc) is 2.45. The monoisotopic (exact) mass is 288 g/mol. The molecule has 1 rings (SSSR count). The number of benzene rings is 1. The van der Waals surface area contributed by atoms with Crippen LogP contribution in [0.3, 0.4) is 0 Å². The van der Waals surface area contributed by atoms with Crippen molar-refractivity contribution in [2.24, 2.45) is 0 Å². The molecule has 1 aromatic carbocycles. The van der Waals surface area contributed by atoms with Crippen LogP contribution in [0.2, 0.25) is 0 Å². The van der Waals surface area contributed by atoms with Crippen LogP contribution in [0.4, 0.5) is 0 Å². The fourth-order valence-electron chi connectivity index (χ4n) is 2.09. The molecule has 0 amide bonds. The number of ether oxygens (including phenoxy) is 1. The predicted octanol–water partition coefficient (Wildman–Crippen LogP) is 3.51. The highest BCUT2D eigenvalue weighted by atomic mass is 16.5. The van der Waals surface area contributed by atoms with Gasteiger partial charge in [-0.2, -0.15) is 0 Å². The summed E-state index contributed by atoms with van der Waals surface area (Å²) in [7, 11) is 0. The second-order valence-electron chi connectivity index (χ2n) is 4.56. The third-order valence-corrected chi connectivity index (χ3v) is 3.07.